The summed E-state index contributed by atoms with van der Waals surface area (Å²) < 4.78 is 5.63. The van der Waals surface area contributed by atoms with Crippen molar-refractivity contribution < 1.29 is 4.74 Å². The van der Waals surface area contributed by atoms with Gasteiger partial charge in [0.25, 0.3) is 0 Å². The quantitative estimate of drug-likeness (QED) is 0.899. The first-order valence-corrected chi connectivity index (χ1v) is 6.49. The molecule has 1 N–H and O–H groups in total. The number of rotatable bonds is 5. The molecule has 0 atom stereocenters. The minimum Gasteiger partial charge on any atom is -0.493 e. The molecule has 0 spiro atoms. The highest BCUT2D eigenvalue weighted by molar-refractivity contribution is 5.65. The molecule has 0 saturated carbocycles. The van der Waals surface area contributed by atoms with Crippen molar-refractivity contribution in [1.82, 2.24) is 15.0 Å². The first kappa shape index (κ1) is 14.0. The minimum absolute atomic E-state index is 0.532. The van der Waals surface area contributed by atoms with E-state index in [0.29, 0.717) is 24.3 Å². The highest BCUT2D eigenvalue weighted by Crippen LogP contribution is 2.28. The molecule has 0 saturated heterocycles. The largest absolute Gasteiger partial charge is 0.493 e. The zero-order chi connectivity index (χ0) is 14.5. The normalized spacial score (nSPS) is 10.2. The van der Waals surface area contributed by atoms with Gasteiger partial charge in [-0.2, -0.15) is 15.0 Å². The maximum Gasteiger partial charge on any atom is 0.230 e. The molecule has 0 aliphatic carbocycles. The number of aromatic nitrogens is 3. The Hall–Kier alpha value is -2.37. The molecule has 0 amide bonds. The maximum absolute atomic E-state index is 5.63. The molecule has 0 unspecified atom stereocenters. The zero-order valence-corrected chi connectivity index (χ0v) is 12.2. The monoisotopic (exact) mass is 273 g/mol. The van der Waals surface area contributed by atoms with Gasteiger partial charge in [-0.05, 0) is 19.1 Å². The summed E-state index contributed by atoms with van der Waals surface area (Å²) in [5.74, 6) is 2.50. The molecule has 6 heteroatoms. The zero-order valence-electron chi connectivity index (χ0n) is 12.2. The maximum atomic E-state index is 5.63. The minimum atomic E-state index is 0.532. The van der Waals surface area contributed by atoms with Gasteiger partial charge in [0.1, 0.15) is 5.75 Å². The van der Waals surface area contributed by atoms with E-state index in [0.717, 1.165) is 11.3 Å². The van der Waals surface area contributed by atoms with E-state index in [9.17, 15) is 0 Å². The van der Waals surface area contributed by atoms with Crippen LogP contribution in [0.2, 0.25) is 0 Å². The number of benzene rings is 1. The van der Waals surface area contributed by atoms with Gasteiger partial charge >= 0.3 is 0 Å². The van der Waals surface area contributed by atoms with Crippen LogP contribution in [0.25, 0.3) is 11.4 Å². The number of hydrogen-bond donors (Lipinski definition) is 1. The van der Waals surface area contributed by atoms with Crippen molar-refractivity contribution >= 4 is 11.9 Å². The fraction of sp³-hybridized carbons (Fsp3) is 0.357. The second-order valence-electron chi connectivity index (χ2n) is 4.36. The van der Waals surface area contributed by atoms with Crippen molar-refractivity contribution in [1.29, 1.82) is 0 Å². The Kier molecular flexibility index (Phi) is 4.34. The summed E-state index contributed by atoms with van der Waals surface area (Å²) in [5, 5.41) is 2.95. The second kappa shape index (κ2) is 6.18. The Morgan fingerprint density at radius 1 is 1.15 bits per heavy atom. The molecule has 6 nitrogen and oxygen atoms in total. The van der Waals surface area contributed by atoms with E-state index >= 15 is 0 Å². The molecule has 0 aliphatic heterocycles. The van der Waals surface area contributed by atoms with Gasteiger partial charge in [0, 0.05) is 21.1 Å². The topological polar surface area (TPSA) is 63.2 Å². The fourth-order valence-electron chi connectivity index (χ4n) is 1.73. The van der Waals surface area contributed by atoms with Crippen molar-refractivity contribution in [3.05, 3.63) is 24.3 Å². The van der Waals surface area contributed by atoms with Gasteiger partial charge in [-0.3, -0.25) is 0 Å². The van der Waals surface area contributed by atoms with Gasteiger partial charge in [-0.15, -0.1) is 0 Å². The van der Waals surface area contributed by atoms with E-state index in [1.165, 1.54) is 0 Å². The molecule has 0 bridgehead atoms. The lowest BCUT2D eigenvalue weighted by Crippen LogP contribution is -2.15. The van der Waals surface area contributed by atoms with Gasteiger partial charge < -0.3 is 15.0 Å². The molecule has 106 valence electrons. The average Bonchev–Trinajstić information content (AvgIpc) is 2.47. The molecule has 0 fully saturated rings. The van der Waals surface area contributed by atoms with Crippen LogP contribution >= 0.6 is 0 Å². The van der Waals surface area contributed by atoms with Crippen LogP contribution in [0, 0.1) is 0 Å². The summed E-state index contributed by atoms with van der Waals surface area (Å²) >= 11 is 0. The number of ether oxygens (including phenoxy) is 1. The van der Waals surface area contributed by atoms with Crippen molar-refractivity contribution in [2.24, 2.45) is 0 Å². The molecule has 0 radical (unpaired) electrons. The highest BCUT2D eigenvalue weighted by atomic mass is 16.5. The van der Waals surface area contributed by atoms with Gasteiger partial charge in [0.2, 0.25) is 11.9 Å². The summed E-state index contributed by atoms with van der Waals surface area (Å²) in [6.45, 7) is 2.55. The Balaban J connectivity index is 2.54. The van der Waals surface area contributed by atoms with Crippen molar-refractivity contribution in [3.8, 4) is 17.1 Å². The van der Waals surface area contributed by atoms with Gasteiger partial charge in [-0.1, -0.05) is 12.1 Å². The predicted molar refractivity (Wildman–Crippen MR) is 80.3 cm³/mol. The Bertz CT molecular complexity index is 586. The Morgan fingerprint density at radius 2 is 1.90 bits per heavy atom. The summed E-state index contributed by atoms with van der Waals surface area (Å²) in [4.78, 5) is 15.0. The molecule has 1 aromatic carbocycles. The average molecular weight is 273 g/mol. The Labute approximate surface area is 118 Å². The fourth-order valence-corrected chi connectivity index (χ4v) is 1.73. The molecule has 2 rings (SSSR count). The van der Waals surface area contributed by atoms with Gasteiger partial charge in [0.15, 0.2) is 5.82 Å². The van der Waals surface area contributed by atoms with Crippen molar-refractivity contribution in [2.75, 3.05) is 38.0 Å². The SMILES string of the molecule is CCOc1ccccc1-c1nc(NC)nc(N(C)C)n1. The highest BCUT2D eigenvalue weighted by Gasteiger charge is 2.13. The Morgan fingerprint density at radius 3 is 2.55 bits per heavy atom. The van der Waals surface area contributed by atoms with E-state index in [4.69, 9.17) is 4.74 Å². The van der Waals surface area contributed by atoms with Crippen LogP contribution in [0.5, 0.6) is 5.75 Å². The molecule has 0 aliphatic rings. The van der Waals surface area contributed by atoms with E-state index in [1.807, 2.05) is 50.2 Å². The lowest BCUT2D eigenvalue weighted by Gasteiger charge is -2.14. The molecular formula is C14H19N5O. The number of nitrogens with one attached hydrogen (secondary N) is 1. The van der Waals surface area contributed by atoms with Crippen LogP contribution in [0.15, 0.2) is 24.3 Å². The third-order valence-electron chi connectivity index (χ3n) is 2.68. The van der Waals surface area contributed by atoms with E-state index in [2.05, 4.69) is 20.3 Å². The molecule has 2 aromatic rings. The summed E-state index contributed by atoms with van der Waals surface area (Å²) in [6.07, 6.45) is 0. The number of anilines is 2. The number of para-hydroxylation sites is 1. The smallest absolute Gasteiger partial charge is 0.230 e. The van der Waals surface area contributed by atoms with E-state index < -0.39 is 0 Å². The van der Waals surface area contributed by atoms with Crippen LogP contribution in [0.3, 0.4) is 0 Å². The van der Waals surface area contributed by atoms with Crippen LogP contribution in [0.4, 0.5) is 11.9 Å². The lowest BCUT2D eigenvalue weighted by atomic mass is 10.2. The molecule has 1 aromatic heterocycles. The predicted octanol–water partition coefficient (Wildman–Crippen LogP) is 2.04. The van der Waals surface area contributed by atoms with Gasteiger partial charge in [-0.25, -0.2) is 0 Å². The van der Waals surface area contributed by atoms with Crippen molar-refractivity contribution in [2.45, 2.75) is 6.92 Å². The van der Waals surface area contributed by atoms with Crippen LogP contribution in [0.1, 0.15) is 6.92 Å². The standard InChI is InChI=1S/C14H19N5O/c1-5-20-11-9-7-6-8-10(11)12-16-13(15-2)18-14(17-12)19(3)4/h6-9H,5H2,1-4H3,(H,15,16,17,18). The van der Waals surface area contributed by atoms with Crippen molar-refractivity contribution in [3.63, 3.8) is 0 Å². The number of nitrogens with zero attached hydrogens (tertiary/aromatic N) is 4. The second-order valence-corrected chi connectivity index (χ2v) is 4.36. The van der Waals surface area contributed by atoms with Crippen LogP contribution < -0.4 is 15.0 Å². The van der Waals surface area contributed by atoms with Crippen LogP contribution in [-0.4, -0.2) is 42.7 Å². The van der Waals surface area contributed by atoms with Crippen LogP contribution in [-0.2, 0) is 0 Å². The molecule has 20 heavy (non-hydrogen) atoms. The summed E-state index contributed by atoms with van der Waals surface area (Å²) in [5.41, 5.74) is 0.858. The van der Waals surface area contributed by atoms with E-state index in [1.54, 1.807) is 7.05 Å². The van der Waals surface area contributed by atoms with Gasteiger partial charge in [0.05, 0.1) is 12.2 Å². The molecular weight excluding hydrogens is 254 g/mol. The number of hydrogen-bond acceptors (Lipinski definition) is 6. The first-order chi connectivity index (χ1) is 9.65. The lowest BCUT2D eigenvalue weighted by molar-refractivity contribution is 0.341. The third kappa shape index (κ3) is 2.96. The molecule has 1 heterocycles. The summed E-state index contributed by atoms with van der Waals surface area (Å²) in [7, 11) is 5.58. The summed E-state index contributed by atoms with van der Waals surface area (Å²) in [6, 6.07) is 7.73. The first-order valence-electron chi connectivity index (χ1n) is 6.49. The van der Waals surface area contributed by atoms with E-state index in [-0.39, 0.29) is 0 Å². The third-order valence-corrected chi connectivity index (χ3v) is 2.68.